The first-order valence-corrected chi connectivity index (χ1v) is 7.51. The maximum atomic E-state index is 12.2. The van der Waals surface area contributed by atoms with E-state index >= 15 is 0 Å². The normalized spacial score (nSPS) is 23.1. The van der Waals surface area contributed by atoms with Crippen LogP contribution in [-0.2, 0) is 9.59 Å². The van der Waals surface area contributed by atoms with E-state index in [-0.39, 0.29) is 18.2 Å². The molecular formula is C15H27NO3. The number of nitrogens with zero attached hydrogens (tertiary/aromatic N) is 1. The van der Waals surface area contributed by atoms with Crippen molar-refractivity contribution in [2.45, 2.75) is 58.3 Å². The minimum absolute atomic E-state index is 0.0358. The van der Waals surface area contributed by atoms with Crippen molar-refractivity contribution in [3.63, 3.8) is 0 Å². The SMILES string of the molecule is CCCCC1CCC(C(=O)N(C)CCC(=O)O)CC1. The predicted molar refractivity (Wildman–Crippen MR) is 74.9 cm³/mol. The van der Waals surface area contributed by atoms with E-state index in [1.165, 1.54) is 19.3 Å². The largest absolute Gasteiger partial charge is 0.481 e. The second-order valence-electron chi connectivity index (χ2n) is 5.76. The maximum Gasteiger partial charge on any atom is 0.305 e. The number of carboxylic acids is 1. The van der Waals surface area contributed by atoms with Crippen molar-refractivity contribution in [3.8, 4) is 0 Å². The summed E-state index contributed by atoms with van der Waals surface area (Å²) in [6.07, 6.45) is 8.14. The molecule has 1 fully saturated rings. The highest BCUT2D eigenvalue weighted by atomic mass is 16.4. The van der Waals surface area contributed by atoms with Gasteiger partial charge in [-0.05, 0) is 31.6 Å². The first-order chi connectivity index (χ1) is 9.04. The third-order valence-electron chi connectivity index (χ3n) is 4.20. The van der Waals surface area contributed by atoms with Crippen LogP contribution in [0.1, 0.15) is 58.3 Å². The van der Waals surface area contributed by atoms with E-state index in [1.54, 1.807) is 11.9 Å². The molecule has 0 aliphatic heterocycles. The molecule has 4 heteroatoms. The highest BCUT2D eigenvalue weighted by Crippen LogP contribution is 2.32. The van der Waals surface area contributed by atoms with Crippen LogP contribution in [0.5, 0.6) is 0 Å². The van der Waals surface area contributed by atoms with Crippen LogP contribution in [0.4, 0.5) is 0 Å². The number of rotatable bonds is 7. The molecule has 1 amide bonds. The van der Waals surface area contributed by atoms with Crippen molar-refractivity contribution >= 4 is 11.9 Å². The maximum absolute atomic E-state index is 12.2. The smallest absolute Gasteiger partial charge is 0.305 e. The molecule has 0 atom stereocenters. The average Bonchev–Trinajstić information content (AvgIpc) is 2.42. The van der Waals surface area contributed by atoms with E-state index in [0.29, 0.717) is 6.54 Å². The first-order valence-electron chi connectivity index (χ1n) is 7.51. The molecule has 1 saturated carbocycles. The highest BCUT2D eigenvalue weighted by molar-refractivity contribution is 5.79. The Kier molecular flexibility index (Phi) is 6.89. The van der Waals surface area contributed by atoms with Gasteiger partial charge in [-0.3, -0.25) is 9.59 Å². The van der Waals surface area contributed by atoms with E-state index in [4.69, 9.17) is 5.11 Å². The summed E-state index contributed by atoms with van der Waals surface area (Å²) < 4.78 is 0. The zero-order chi connectivity index (χ0) is 14.3. The van der Waals surface area contributed by atoms with Gasteiger partial charge in [0.2, 0.25) is 5.91 Å². The number of amides is 1. The summed E-state index contributed by atoms with van der Waals surface area (Å²) in [7, 11) is 1.72. The minimum atomic E-state index is -0.845. The molecule has 0 saturated heterocycles. The standard InChI is InChI=1S/C15H27NO3/c1-3-4-5-12-6-8-13(9-7-12)15(19)16(2)11-10-14(17)18/h12-13H,3-11H2,1-2H3,(H,17,18). The van der Waals surface area contributed by atoms with Gasteiger partial charge >= 0.3 is 5.97 Å². The quantitative estimate of drug-likeness (QED) is 0.773. The molecule has 0 bridgehead atoms. The Balaban J connectivity index is 2.29. The second kappa shape index (κ2) is 8.18. The highest BCUT2D eigenvalue weighted by Gasteiger charge is 2.27. The zero-order valence-corrected chi connectivity index (χ0v) is 12.2. The molecule has 0 aromatic carbocycles. The molecule has 4 nitrogen and oxygen atoms in total. The van der Waals surface area contributed by atoms with Gasteiger partial charge in [-0.1, -0.05) is 26.2 Å². The van der Waals surface area contributed by atoms with Crippen molar-refractivity contribution in [2.75, 3.05) is 13.6 Å². The molecule has 0 aromatic rings. The van der Waals surface area contributed by atoms with Crippen molar-refractivity contribution in [2.24, 2.45) is 11.8 Å². The predicted octanol–water partition coefficient (Wildman–Crippen LogP) is 2.92. The van der Waals surface area contributed by atoms with Crippen LogP contribution in [-0.4, -0.2) is 35.5 Å². The van der Waals surface area contributed by atoms with Gasteiger partial charge in [0.15, 0.2) is 0 Å². The summed E-state index contributed by atoms with van der Waals surface area (Å²) >= 11 is 0. The van der Waals surface area contributed by atoms with E-state index in [2.05, 4.69) is 6.92 Å². The number of carbonyl (C=O) groups excluding carboxylic acids is 1. The van der Waals surface area contributed by atoms with Crippen LogP contribution in [0.2, 0.25) is 0 Å². The molecule has 1 aliphatic rings. The Morgan fingerprint density at radius 3 is 2.37 bits per heavy atom. The Labute approximate surface area is 116 Å². The Hall–Kier alpha value is -1.06. The monoisotopic (exact) mass is 269 g/mol. The van der Waals surface area contributed by atoms with E-state index in [9.17, 15) is 9.59 Å². The summed E-state index contributed by atoms with van der Waals surface area (Å²) in [4.78, 5) is 24.3. The number of carboxylic acid groups (broad SMARTS) is 1. The van der Waals surface area contributed by atoms with Gasteiger partial charge in [-0.15, -0.1) is 0 Å². The van der Waals surface area contributed by atoms with Crippen LogP contribution in [0.25, 0.3) is 0 Å². The number of hydrogen-bond donors (Lipinski definition) is 1. The van der Waals surface area contributed by atoms with Gasteiger partial charge < -0.3 is 10.0 Å². The molecule has 0 aromatic heterocycles. The van der Waals surface area contributed by atoms with Gasteiger partial charge in [0.05, 0.1) is 6.42 Å². The summed E-state index contributed by atoms with van der Waals surface area (Å²) in [5.41, 5.74) is 0. The number of carbonyl (C=O) groups is 2. The first kappa shape index (κ1) is 16.0. The summed E-state index contributed by atoms with van der Waals surface area (Å²) in [6.45, 7) is 2.54. The minimum Gasteiger partial charge on any atom is -0.481 e. The molecule has 19 heavy (non-hydrogen) atoms. The molecular weight excluding hydrogens is 242 g/mol. The fraction of sp³-hybridized carbons (Fsp3) is 0.867. The van der Waals surface area contributed by atoms with E-state index in [1.807, 2.05) is 0 Å². The van der Waals surface area contributed by atoms with Crippen LogP contribution in [0.15, 0.2) is 0 Å². The van der Waals surface area contributed by atoms with Gasteiger partial charge in [-0.25, -0.2) is 0 Å². The van der Waals surface area contributed by atoms with Crippen LogP contribution in [0.3, 0.4) is 0 Å². The third kappa shape index (κ3) is 5.62. The summed E-state index contributed by atoms with van der Waals surface area (Å²) in [5.74, 6) is 0.211. The van der Waals surface area contributed by atoms with Crippen LogP contribution >= 0.6 is 0 Å². The van der Waals surface area contributed by atoms with E-state index < -0.39 is 5.97 Å². The third-order valence-corrected chi connectivity index (χ3v) is 4.20. The number of aliphatic carboxylic acids is 1. The average molecular weight is 269 g/mol. The van der Waals surface area contributed by atoms with Crippen molar-refractivity contribution < 1.29 is 14.7 Å². The lowest BCUT2D eigenvalue weighted by atomic mass is 9.79. The Bertz CT molecular complexity index is 296. The van der Waals surface area contributed by atoms with Crippen molar-refractivity contribution in [3.05, 3.63) is 0 Å². The molecule has 0 radical (unpaired) electrons. The van der Waals surface area contributed by atoms with Gasteiger partial charge in [0, 0.05) is 19.5 Å². The van der Waals surface area contributed by atoms with Crippen LogP contribution in [0, 0.1) is 11.8 Å². The fourth-order valence-corrected chi connectivity index (χ4v) is 2.88. The fourth-order valence-electron chi connectivity index (χ4n) is 2.88. The molecule has 1 rings (SSSR count). The van der Waals surface area contributed by atoms with Crippen molar-refractivity contribution in [1.82, 2.24) is 4.90 Å². The molecule has 0 spiro atoms. The number of unbranched alkanes of at least 4 members (excludes halogenated alkanes) is 1. The second-order valence-corrected chi connectivity index (χ2v) is 5.76. The topological polar surface area (TPSA) is 57.6 Å². The summed E-state index contributed by atoms with van der Waals surface area (Å²) in [5, 5.41) is 8.63. The lowest BCUT2D eigenvalue weighted by Gasteiger charge is -2.30. The zero-order valence-electron chi connectivity index (χ0n) is 12.2. The van der Waals surface area contributed by atoms with Gasteiger partial charge in [0.25, 0.3) is 0 Å². The van der Waals surface area contributed by atoms with Crippen molar-refractivity contribution in [1.29, 1.82) is 0 Å². The molecule has 1 aliphatic carbocycles. The lowest BCUT2D eigenvalue weighted by molar-refractivity contribution is -0.139. The van der Waals surface area contributed by atoms with Gasteiger partial charge in [0.1, 0.15) is 0 Å². The Morgan fingerprint density at radius 1 is 1.21 bits per heavy atom. The lowest BCUT2D eigenvalue weighted by Crippen LogP contribution is -2.36. The number of hydrogen-bond acceptors (Lipinski definition) is 2. The Morgan fingerprint density at radius 2 is 1.84 bits per heavy atom. The van der Waals surface area contributed by atoms with Crippen LogP contribution < -0.4 is 0 Å². The van der Waals surface area contributed by atoms with E-state index in [0.717, 1.165) is 31.6 Å². The molecule has 0 unspecified atom stereocenters. The molecule has 0 heterocycles. The molecule has 110 valence electrons. The summed E-state index contributed by atoms with van der Waals surface area (Å²) in [6, 6.07) is 0. The molecule has 1 N–H and O–H groups in total. The van der Waals surface area contributed by atoms with Gasteiger partial charge in [-0.2, -0.15) is 0 Å².